The van der Waals surface area contributed by atoms with E-state index in [0.717, 1.165) is 0 Å². The second kappa shape index (κ2) is 13.6. The van der Waals surface area contributed by atoms with E-state index in [1.54, 1.807) is 74.6 Å². The van der Waals surface area contributed by atoms with Gasteiger partial charge in [-0.25, -0.2) is 4.39 Å². The third kappa shape index (κ3) is 6.81. The fourth-order valence-electron chi connectivity index (χ4n) is 5.00. The molecule has 1 atom stereocenters. The molecule has 0 saturated heterocycles. The number of ketones is 1. The highest BCUT2D eigenvalue weighted by Gasteiger charge is 2.18. The highest BCUT2D eigenvalue weighted by Crippen LogP contribution is 2.27. The fraction of sp³-hybridized carbons (Fsp3) is 0.108. The number of carbonyl (C=O) groups excluding carboxylic acids is 2. The van der Waals surface area contributed by atoms with Gasteiger partial charge in [-0.3, -0.25) is 14.4 Å². The molecule has 0 aliphatic heterocycles. The second-order valence-corrected chi connectivity index (χ2v) is 10.7. The van der Waals surface area contributed by atoms with Crippen molar-refractivity contribution < 1.29 is 14.0 Å². The van der Waals surface area contributed by atoms with E-state index in [9.17, 15) is 29.3 Å². The number of aromatic nitrogens is 1. The van der Waals surface area contributed by atoms with Gasteiger partial charge >= 0.3 is 0 Å². The molecule has 0 aliphatic rings. The lowest BCUT2D eigenvalue weighted by molar-refractivity contribution is -0.117. The van der Waals surface area contributed by atoms with Crippen molar-refractivity contribution in [3.05, 3.63) is 147 Å². The molecule has 1 heterocycles. The van der Waals surface area contributed by atoms with Crippen LogP contribution in [0.25, 0.3) is 22.4 Å². The molecule has 2 N–H and O–H groups in total. The number of carbonyl (C=O) groups is 2. The van der Waals surface area contributed by atoms with Crippen molar-refractivity contribution in [3.8, 4) is 34.5 Å². The number of hydrogen-bond donors (Lipinski definition) is 2. The van der Waals surface area contributed by atoms with E-state index in [4.69, 9.17) is 0 Å². The van der Waals surface area contributed by atoms with E-state index >= 15 is 0 Å². The minimum absolute atomic E-state index is 0.00822. The summed E-state index contributed by atoms with van der Waals surface area (Å²) in [4.78, 5) is 40.3. The largest absolute Gasteiger partial charge is 0.320 e. The van der Waals surface area contributed by atoms with Crippen molar-refractivity contribution in [2.75, 3.05) is 12.4 Å². The van der Waals surface area contributed by atoms with Gasteiger partial charge in [0.25, 0.3) is 5.56 Å². The van der Waals surface area contributed by atoms with E-state index in [1.807, 2.05) is 12.1 Å². The minimum atomic E-state index is -0.555. The Balaban J connectivity index is 1.69. The molecule has 0 radical (unpaired) electrons. The SMILES string of the molecule is CN[C@H](C)C(=O)Nc1ccc(-c2cccc(C#N)c2)n(Cc2cc(C(=O)c3ccc(F)cc3)cc(-c3cccc(C#N)c3)c2)c1=O. The Kier molecular flexibility index (Phi) is 9.28. The molecule has 5 aromatic rings. The van der Waals surface area contributed by atoms with Gasteiger partial charge in [-0.05, 0) is 115 Å². The number of nitriles is 2. The Bertz CT molecular complexity index is 2110. The zero-order valence-electron chi connectivity index (χ0n) is 25.0. The van der Waals surface area contributed by atoms with Crippen LogP contribution in [0.4, 0.5) is 10.1 Å². The number of nitrogens with zero attached hydrogens (tertiary/aromatic N) is 3. The Labute approximate surface area is 265 Å². The summed E-state index contributed by atoms with van der Waals surface area (Å²) in [5.41, 5.74) is 4.00. The molecular weight excluding hydrogens is 581 g/mol. The lowest BCUT2D eigenvalue weighted by Gasteiger charge is -2.18. The van der Waals surface area contributed by atoms with E-state index in [1.165, 1.54) is 34.9 Å². The van der Waals surface area contributed by atoms with Crippen molar-refractivity contribution >= 4 is 17.4 Å². The van der Waals surface area contributed by atoms with Crippen LogP contribution in [0.5, 0.6) is 0 Å². The number of nitrogens with one attached hydrogen (secondary N) is 2. The standard InChI is InChI=1S/C37H28FN5O3/c1-23(41-2)36(45)42-33-13-14-34(29-8-4-6-25(16-29)21-40)43(37(33)46)22-26-17-30(28-7-3-5-24(15-28)20-39)19-31(18-26)35(44)27-9-11-32(38)12-10-27/h3-19,23,41H,22H2,1-2H3,(H,42,45)/t23-/m1/s1. The molecule has 0 unspecified atom stereocenters. The smallest absolute Gasteiger partial charge is 0.275 e. The number of rotatable bonds is 9. The lowest BCUT2D eigenvalue weighted by atomic mass is 9.94. The molecule has 0 bridgehead atoms. The minimum Gasteiger partial charge on any atom is -0.320 e. The maximum atomic E-state index is 14.0. The Morgan fingerprint density at radius 1 is 0.804 bits per heavy atom. The molecule has 0 fully saturated rings. The van der Waals surface area contributed by atoms with Crippen molar-refractivity contribution in [1.29, 1.82) is 10.5 Å². The Morgan fingerprint density at radius 3 is 2.11 bits per heavy atom. The number of pyridine rings is 1. The van der Waals surface area contributed by atoms with Gasteiger partial charge in [0, 0.05) is 11.1 Å². The first-order valence-electron chi connectivity index (χ1n) is 14.4. The average molecular weight is 610 g/mol. The zero-order valence-corrected chi connectivity index (χ0v) is 25.0. The van der Waals surface area contributed by atoms with E-state index < -0.39 is 23.3 Å². The predicted octanol–water partition coefficient (Wildman–Crippen LogP) is 5.89. The highest BCUT2D eigenvalue weighted by atomic mass is 19.1. The van der Waals surface area contributed by atoms with Crippen molar-refractivity contribution in [1.82, 2.24) is 9.88 Å². The van der Waals surface area contributed by atoms with Gasteiger partial charge in [0.15, 0.2) is 5.78 Å². The van der Waals surface area contributed by atoms with Crippen molar-refractivity contribution in [2.24, 2.45) is 0 Å². The van der Waals surface area contributed by atoms with Crippen LogP contribution in [0.1, 0.15) is 39.5 Å². The van der Waals surface area contributed by atoms with E-state index in [-0.39, 0.29) is 23.6 Å². The van der Waals surface area contributed by atoms with Crippen LogP contribution in [0.2, 0.25) is 0 Å². The lowest BCUT2D eigenvalue weighted by Crippen LogP contribution is -2.37. The number of amides is 1. The van der Waals surface area contributed by atoms with Gasteiger partial charge in [0.2, 0.25) is 5.91 Å². The third-order valence-electron chi connectivity index (χ3n) is 7.57. The van der Waals surface area contributed by atoms with Crippen LogP contribution in [0.15, 0.2) is 108 Å². The van der Waals surface area contributed by atoms with Gasteiger partial charge in [-0.2, -0.15) is 10.5 Å². The summed E-state index contributed by atoms with van der Waals surface area (Å²) in [5, 5.41) is 24.5. The number of anilines is 1. The first kappa shape index (κ1) is 31.3. The number of benzene rings is 4. The number of halogens is 1. The maximum Gasteiger partial charge on any atom is 0.275 e. The van der Waals surface area contributed by atoms with Crippen molar-refractivity contribution in [3.63, 3.8) is 0 Å². The topological polar surface area (TPSA) is 128 Å². The summed E-state index contributed by atoms with van der Waals surface area (Å²) in [6.07, 6.45) is 0. The maximum absolute atomic E-state index is 14.0. The third-order valence-corrected chi connectivity index (χ3v) is 7.57. The first-order chi connectivity index (χ1) is 22.2. The van der Waals surface area contributed by atoms with Gasteiger partial charge in [-0.1, -0.05) is 24.3 Å². The monoisotopic (exact) mass is 609 g/mol. The first-order valence-corrected chi connectivity index (χ1v) is 14.4. The van der Waals surface area contributed by atoms with Crippen LogP contribution >= 0.6 is 0 Å². The molecule has 226 valence electrons. The van der Waals surface area contributed by atoms with Crippen LogP contribution in [-0.4, -0.2) is 29.3 Å². The van der Waals surface area contributed by atoms with Gasteiger partial charge in [-0.15, -0.1) is 0 Å². The summed E-state index contributed by atoms with van der Waals surface area (Å²) in [5.74, 6) is -1.21. The van der Waals surface area contributed by atoms with Crippen LogP contribution in [-0.2, 0) is 11.3 Å². The van der Waals surface area contributed by atoms with E-state index in [0.29, 0.717) is 44.6 Å². The Hall–Kier alpha value is -6.16. The van der Waals surface area contributed by atoms with Gasteiger partial charge < -0.3 is 15.2 Å². The molecule has 9 heteroatoms. The van der Waals surface area contributed by atoms with Crippen LogP contribution in [0.3, 0.4) is 0 Å². The molecule has 1 aromatic heterocycles. The normalized spacial score (nSPS) is 11.2. The van der Waals surface area contributed by atoms with Crippen molar-refractivity contribution in [2.45, 2.75) is 19.5 Å². The van der Waals surface area contributed by atoms with E-state index in [2.05, 4.69) is 22.8 Å². The molecule has 0 saturated carbocycles. The summed E-state index contributed by atoms with van der Waals surface area (Å²) >= 11 is 0. The second-order valence-electron chi connectivity index (χ2n) is 10.7. The van der Waals surface area contributed by atoms with Crippen LogP contribution in [0, 0.1) is 28.5 Å². The molecule has 1 amide bonds. The molecule has 8 nitrogen and oxygen atoms in total. The molecule has 4 aromatic carbocycles. The molecule has 46 heavy (non-hydrogen) atoms. The molecular formula is C37H28FN5O3. The molecule has 0 spiro atoms. The Morgan fingerprint density at radius 2 is 1.46 bits per heavy atom. The summed E-state index contributed by atoms with van der Waals surface area (Å²) < 4.78 is 15.1. The van der Waals surface area contributed by atoms with Crippen LogP contribution < -0.4 is 16.2 Å². The predicted molar refractivity (Wildman–Crippen MR) is 174 cm³/mol. The number of likely N-dealkylation sites (N-methyl/N-ethyl adjacent to an activating group) is 1. The summed E-state index contributed by atoms with van der Waals surface area (Å²) in [7, 11) is 1.64. The summed E-state index contributed by atoms with van der Waals surface area (Å²) in [6, 6.07) is 31.1. The highest BCUT2D eigenvalue weighted by molar-refractivity contribution is 6.09. The number of hydrogen-bond acceptors (Lipinski definition) is 6. The molecule has 5 rings (SSSR count). The summed E-state index contributed by atoms with van der Waals surface area (Å²) in [6.45, 7) is 1.66. The van der Waals surface area contributed by atoms with Gasteiger partial charge in [0.1, 0.15) is 11.5 Å². The van der Waals surface area contributed by atoms with Gasteiger partial charge in [0.05, 0.1) is 41.5 Å². The zero-order chi connectivity index (χ0) is 32.8. The fourth-order valence-corrected chi connectivity index (χ4v) is 5.00. The average Bonchev–Trinajstić information content (AvgIpc) is 3.09. The quantitative estimate of drug-likeness (QED) is 0.201. The molecule has 0 aliphatic carbocycles.